The van der Waals surface area contributed by atoms with Crippen molar-refractivity contribution in [3.05, 3.63) is 22.2 Å². The van der Waals surface area contributed by atoms with Crippen LogP contribution >= 0.6 is 0 Å². The highest BCUT2D eigenvalue weighted by atomic mass is 16.6. The molecule has 0 radical (unpaired) electrons. The number of nitrogens with two attached hydrogens (primary N) is 1. The van der Waals surface area contributed by atoms with Gasteiger partial charge in [-0.1, -0.05) is 0 Å². The predicted molar refractivity (Wildman–Crippen MR) is 61.3 cm³/mol. The molecule has 2 N–H and O–H groups in total. The van der Waals surface area contributed by atoms with E-state index >= 15 is 0 Å². The molecule has 1 saturated heterocycles. The molecule has 0 aliphatic carbocycles. The maximum atomic E-state index is 10.9. The van der Waals surface area contributed by atoms with Crippen LogP contribution in [0.4, 0.5) is 17.3 Å². The van der Waals surface area contributed by atoms with E-state index in [0.717, 1.165) is 19.4 Å². The van der Waals surface area contributed by atoms with Crippen LogP contribution in [0.15, 0.2) is 12.1 Å². The monoisotopic (exact) mass is 222 g/mol. The van der Waals surface area contributed by atoms with Gasteiger partial charge in [-0.25, -0.2) is 4.98 Å². The van der Waals surface area contributed by atoms with Crippen LogP contribution in [-0.4, -0.2) is 22.5 Å². The Morgan fingerprint density at radius 1 is 1.62 bits per heavy atom. The van der Waals surface area contributed by atoms with Crippen molar-refractivity contribution in [3.8, 4) is 0 Å². The van der Waals surface area contributed by atoms with Crippen molar-refractivity contribution < 1.29 is 4.92 Å². The highest BCUT2D eigenvalue weighted by Crippen LogP contribution is 2.32. The van der Waals surface area contributed by atoms with Gasteiger partial charge in [-0.15, -0.1) is 0 Å². The number of anilines is 2. The first-order valence-corrected chi connectivity index (χ1v) is 5.27. The number of nitrogens with zero attached hydrogens (tertiary/aromatic N) is 3. The molecule has 16 heavy (non-hydrogen) atoms. The molecule has 1 aromatic rings. The Morgan fingerprint density at radius 3 is 2.94 bits per heavy atom. The van der Waals surface area contributed by atoms with Crippen LogP contribution in [-0.2, 0) is 0 Å². The Labute approximate surface area is 93.2 Å². The normalized spacial score (nSPS) is 20.1. The second-order valence-electron chi connectivity index (χ2n) is 4.02. The van der Waals surface area contributed by atoms with E-state index in [2.05, 4.69) is 4.98 Å². The summed E-state index contributed by atoms with van der Waals surface area (Å²) in [5.74, 6) is 0.717. The second-order valence-corrected chi connectivity index (χ2v) is 4.02. The summed E-state index contributed by atoms with van der Waals surface area (Å²) >= 11 is 0. The first kappa shape index (κ1) is 10.7. The van der Waals surface area contributed by atoms with Crippen molar-refractivity contribution in [2.75, 3.05) is 17.2 Å². The Bertz CT molecular complexity index is 421. The molecule has 1 aromatic heterocycles. The minimum absolute atomic E-state index is 0.0305. The summed E-state index contributed by atoms with van der Waals surface area (Å²) in [4.78, 5) is 16.5. The van der Waals surface area contributed by atoms with E-state index in [1.54, 1.807) is 0 Å². The van der Waals surface area contributed by atoms with Crippen LogP contribution in [0.25, 0.3) is 0 Å². The standard InChI is InChI=1S/C10H14N4O2/c1-7-3-2-6-13(7)10-8(14(15)16)4-5-9(11)12-10/h4-5,7H,2-3,6H2,1H3,(H2,11,12). The molecule has 0 aromatic carbocycles. The minimum atomic E-state index is -0.410. The third-order valence-electron chi connectivity index (χ3n) is 2.90. The lowest BCUT2D eigenvalue weighted by molar-refractivity contribution is -0.384. The summed E-state index contributed by atoms with van der Waals surface area (Å²) in [6.45, 7) is 2.85. The van der Waals surface area contributed by atoms with Crippen LogP contribution in [0, 0.1) is 10.1 Å². The second kappa shape index (κ2) is 3.96. The molecule has 1 fully saturated rings. The average molecular weight is 222 g/mol. The van der Waals surface area contributed by atoms with Gasteiger partial charge in [-0.05, 0) is 25.8 Å². The van der Waals surface area contributed by atoms with Gasteiger partial charge in [0.2, 0.25) is 5.82 Å². The fourth-order valence-electron chi connectivity index (χ4n) is 2.06. The quantitative estimate of drug-likeness (QED) is 0.606. The lowest BCUT2D eigenvalue weighted by Gasteiger charge is -2.22. The van der Waals surface area contributed by atoms with E-state index < -0.39 is 4.92 Å². The van der Waals surface area contributed by atoms with E-state index in [-0.39, 0.29) is 11.7 Å². The molecular weight excluding hydrogens is 208 g/mol. The van der Waals surface area contributed by atoms with Gasteiger partial charge in [-0.3, -0.25) is 10.1 Å². The SMILES string of the molecule is CC1CCCN1c1nc(N)ccc1[N+](=O)[O-]. The van der Waals surface area contributed by atoms with Crippen molar-refractivity contribution in [1.29, 1.82) is 0 Å². The van der Waals surface area contributed by atoms with Gasteiger partial charge in [-0.2, -0.15) is 0 Å². The summed E-state index contributed by atoms with van der Waals surface area (Å²) in [5, 5.41) is 10.9. The van der Waals surface area contributed by atoms with E-state index in [1.165, 1.54) is 12.1 Å². The number of hydrogen-bond acceptors (Lipinski definition) is 5. The van der Waals surface area contributed by atoms with E-state index in [9.17, 15) is 10.1 Å². The largest absolute Gasteiger partial charge is 0.384 e. The smallest absolute Gasteiger partial charge is 0.311 e. The van der Waals surface area contributed by atoms with E-state index in [4.69, 9.17) is 5.73 Å². The Kier molecular flexibility index (Phi) is 2.64. The summed E-state index contributed by atoms with van der Waals surface area (Å²) in [5.41, 5.74) is 5.61. The lowest BCUT2D eigenvalue weighted by Crippen LogP contribution is -2.28. The molecule has 0 amide bonds. The van der Waals surface area contributed by atoms with Crippen LogP contribution in [0.5, 0.6) is 0 Å². The number of aromatic nitrogens is 1. The molecule has 0 bridgehead atoms. The number of nitro groups is 1. The van der Waals surface area contributed by atoms with Gasteiger partial charge in [0.15, 0.2) is 0 Å². The van der Waals surface area contributed by atoms with Crippen LogP contribution in [0.1, 0.15) is 19.8 Å². The summed E-state index contributed by atoms with van der Waals surface area (Å²) in [6.07, 6.45) is 2.07. The van der Waals surface area contributed by atoms with Gasteiger partial charge in [0.25, 0.3) is 0 Å². The summed E-state index contributed by atoms with van der Waals surface area (Å²) in [7, 11) is 0. The summed E-state index contributed by atoms with van der Waals surface area (Å²) < 4.78 is 0. The molecule has 2 rings (SSSR count). The zero-order valence-corrected chi connectivity index (χ0v) is 9.09. The van der Waals surface area contributed by atoms with Crippen molar-refractivity contribution in [3.63, 3.8) is 0 Å². The molecular formula is C10H14N4O2. The molecule has 0 spiro atoms. The van der Waals surface area contributed by atoms with Crippen molar-refractivity contribution in [2.24, 2.45) is 0 Å². The number of rotatable bonds is 2. The fourth-order valence-corrected chi connectivity index (χ4v) is 2.06. The molecule has 1 aliphatic rings. The Morgan fingerprint density at radius 2 is 2.38 bits per heavy atom. The van der Waals surface area contributed by atoms with Crippen LogP contribution in [0.2, 0.25) is 0 Å². The molecule has 0 saturated carbocycles. The van der Waals surface area contributed by atoms with Crippen molar-refractivity contribution >= 4 is 17.3 Å². The topological polar surface area (TPSA) is 85.3 Å². The third-order valence-corrected chi connectivity index (χ3v) is 2.90. The highest BCUT2D eigenvalue weighted by Gasteiger charge is 2.28. The fraction of sp³-hybridized carbons (Fsp3) is 0.500. The van der Waals surface area contributed by atoms with Crippen molar-refractivity contribution in [2.45, 2.75) is 25.8 Å². The highest BCUT2D eigenvalue weighted by molar-refractivity contribution is 5.61. The average Bonchev–Trinajstić information content (AvgIpc) is 2.63. The summed E-state index contributed by atoms with van der Waals surface area (Å²) in [6, 6.07) is 3.17. The molecule has 1 atom stereocenters. The molecule has 1 aliphatic heterocycles. The zero-order valence-electron chi connectivity index (χ0n) is 9.09. The van der Waals surface area contributed by atoms with Crippen molar-refractivity contribution in [1.82, 2.24) is 4.98 Å². The Balaban J connectivity index is 2.44. The molecule has 1 unspecified atom stereocenters. The number of pyridine rings is 1. The van der Waals surface area contributed by atoms with Gasteiger partial charge in [0.1, 0.15) is 5.82 Å². The number of hydrogen-bond donors (Lipinski definition) is 1. The first-order chi connectivity index (χ1) is 7.59. The zero-order chi connectivity index (χ0) is 11.7. The molecule has 6 heteroatoms. The van der Waals surface area contributed by atoms with Gasteiger partial charge >= 0.3 is 5.69 Å². The van der Waals surface area contributed by atoms with E-state index in [1.807, 2.05) is 11.8 Å². The van der Waals surface area contributed by atoms with Gasteiger partial charge in [0, 0.05) is 18.7 Å². The molecule has 2 heterocycles. The molecule has 6 nitrogen and oxygen atoms in total. The van der Waals surface area contributed by atoms with E-state index in [0.29, 0.717) is 11.6 Å². The third kappa shape index (κ3) is 1.78. The predicted octanol–water partition coefficient (Wildman–Crippen LogP) is 1.56. The maximum Gasteiger partial charge on any atom is 0.311 e. The number of nitrogen functional groups attached to an aromatic ring is 1. The van der Waals surface area contributed by atoms with Crippen LogP contribution < -0.4 is 10.6 Å². The van der Waals surface area contributed by atoms with Gasteiger partial charge < -0.3 is 10.6 Å². The minimum Gasteiger partial charge on any atom is -0.384 e. The Hall–Kier alpha value is -1.85. The van der Waals surface area contributed by atoms with Gasteiger partial charge in [0.05, 0.1) is 4.92 Å². The first-order valence-electron chi connectivity index (χ1n) is 5.27. The lowest BCUT2D eigenvalue weighted by atomic mass is 10.2. The molecule has 86 valence electrons. The maximum absolute atomic E-state index is 10.9. The van der Waals surface area contributed by atoms with Crippen LogP contribution in [0.3, 0.4) is 0 Å².